The molecule has 2 amide bonds. The molecule has 2 aromatic carbocycles. The monoisotopic (exact) mass is 466 g/mol. The standard InChI is InChI=1S/C29H42N2O3/c1-8-22(18-28(32)34-7)23-11-14-26(24(15-19(2)3)16-20(4)5)27(17-23)31-29(33)30-25-12-9-21(6)10-13-25/h9-14,17,19-20,22,24H,8,15-16,18H2,1-7H3,(H2,30,31,33). The predicted octanol–water partition coefficient (Wildman–Crippen LogP) is 7.87. The Hall–Kier alpha value is -2.82. The van der Waals surface area contributed by atoms with Crippen LogP contribution in [0.5, 0.6) is 0 Å². The highest BCUT2D eigenvalue weighted by Gasteiger charge is 2.22. The normalized spacial score (nSPS) is 12.2. The minimum absolute atomic E-state index is 0.0378. The number of carbonyl (C=O) groups is 2. The van der Waals surface area contributed by atoms with Gasteiger partial charge in [-0.05, 0) is 79.2 Å². The summed E-state index contributed by atoms with van der Waals surface area (Å²) in [6.45, 7) is 13.0. The molecule has 2 rings (SSSR count). The molecule has 0 heterocycles. The number of ether oxygens (including phenoxy) is 1. The lowest BCUT2D eigenvalue weighted by Crippen LogP contribution is -2.21. The summed E-state index contributed by atoms with van der Waals surface area (Å²) < 4.78 is 4.90. The van der Waals surface area contributed by atoms with E-state index in [2.05, 4.69) is 63.5 Å². The molecule has 5 heteroatoms. The fraction of sp³-hybridized carbons (Fsp3) is 0.517. The van der Waals surface area contributed by atoms with E-state index in [0.717, 1.165) is 47.3 Å². The second-order valence-corrected chi connectivity index (χ2v) is 10.1. The second kappa shape index (κ2) is 13.2. The van der Waals surface area contributed by atoms with Crippen LogP contribution in [0.25, 0.3) is 0 Å². The van der Waals surface area contributed by atoms with E-state index in [-0.39, 0.29) is 17.9 Å². The zero-order valence-corrected chi connectivity index (χ0v) is 21.9. The van der Waals surface area contributed by atoms with Gasteiger partial charge < -0.3 is 15.4 Å². The van der Waals surface area contributed by atoms with Crippen molar-refractivity contribution in [2.45, 2.75) is 79.1 Å². The van der Waals surface area contributed by atoms with Crippen molar-refractivity contribution in [3.8, 4) is 0 Å². The maximum Gasteiger partial charge on any atom is 0.323 e. The van der Waals surface area contributed by atoms with Crippen LogP contribution in [0.15, 0.2) is 42.5 Å². The number of esters is 1. The van der Waals surface area contributed by atoms with Crippen LogP contribution in [-0.4, -0.2) is 19.1 Å². The van der Waals surface area contributed by atoms with Gasteiger partial charge in [0.2, 0.25) is 0 Å². The van der Waals surface area contributed by atoms with Crippen molar-refractivity contribution in [1.29, 1.82) is 0 Å². The molecular formula is C29H42N2O3. The summed E-state index contributed by atoms with van der Waals surface area (Å²) in [6, 6.07) is 13.8. The Morgan fingerprint density at radius 3 is 2.03 bits per heavy atom. The first-order valence-corrected chi connectivity index (χ1v) is 12.5. The molecule has 34 heavy (non-hydrogen) atoms. The zero-order chi connectivity index (χ0) is 25.3. The summed E-state index contributed by atoms with van der Waals surface area (Å²) in [5.41, 5.74) is 4.89. The molecule has 0 spiro atoms. The number of anilines is 2. The fourth-order valence-electron chi connectivity index (χ4n) is 4.48. The fourth-order valence-corrected chi connectivity index (χ4v) is 4.48. The minimum atomic E-state index is -0.267. The van der Waals surface area contributed by atoms with E-state index in [1.54, 1.807) is 0 Å². The molecule has 1 atom stereocenters. The summed E-state index contributed by atoms with van der Waals surface area (Å²) in [6.07, 6.45) is 3.23. The van der Waals surface area contributed by atoms with E-state index >= 15 is 0 Å². The molecule has 0 aliphatic rings. The van der Waals surface area contributed by atoms with Crippen molar-refractivity contribution in [3.63, 3.8) is 0 Å². The molecule has 0 radical (unpaired) electrons. The van der Waals surface area contributed by atoms with Crippen molar-refractivity contribution < 1.29 is 14.3 Å². The van der Waals surface area contributed by atoms with Crippen molar-refractivity contribution in [2.24, 2.45) is 11.8 Å². The molecule has 0 saturated heterocycles. The van der Waals surface area contributed by atoms with Crippen LogP contribution < -0.4 is 10.6 Å². The van der Waals surface area contributed by atoms with E-state index in [9.17, 15) is 9.59 Å². The summed E-state index contributed by atoms with van der Waals surface area (Å²) in [5.74, 6) is 1.24. The molecule has 0 aliphatic carbocycles. The largest absolute Gasteiger partial charge is 0.469 e. The van der Waals surface area contributed by atoms with Gasteiger partial charge in [-0.15, -0.1) is 0 Å². The molecule has 0 aliphatic heterocycles. The third-order valence-corrected chi connectivity index (χ3v) is 6.19. The molecule has 186 valence electrons. The van der Waals surface area contributed by atoms with E-state index in [0.29, 0.717) is 24.2 Å². The average Bonchev–Trinajstić information content (AvgIpc) is 2.77. The number of rotatable bonds is 11. The Morgan fingerprint density at radius 2 is 1.50 bits per heavy atom. The quantitative estimate of drug-likeness (QED) is 0.331. The number of methoxy groups -OCH3 is 1. The Kier molecular flexibility index (Phi) is 10.6. The molecule has 0 bridgehead atoms. The van der Waals surface area contributed by atoms with Gasteiger partial charge in [-0.25, -0.2) is 4.79 Å². The number of carbonyl (C=O) groups excluding carboxylic acids is 2. The van der Waals surface area contributed by atoms with E-state index < -0.39 is 0 Å². The number of aryl methyl sites for hydroxylation is 1. The molecule has 2 N–H and O–H groups in total. The van der Waals surface area contributed by atoms with Crippen molar-refractivity contribution in [2.75, 3.05) is 17.7 Å². The number of amides is 2. The van der Waals surface area contributed by atoms with Crippen molar-refractivity contribution >= 4 is 23.4 Å². The SMILES string of the molecule is CCC(CC(=O)OC)c1ccc(C(CC(C)C)CC(C)C)c(NC(=O)Nc2ccc(C)cc2)c1. The van der Waals surface area contributed by atoms with Crippen molar-refractivity contribution in [3.05, 3.63) is 59.2 Å². The molecule has 1 unspecified atom stereocenters. The Balaban J connectivity index is 2.41. The van der Waals surface area contributed by atoms with Gasteiger partial charge in [-0.3, -0.25) is 4.79 Å². The summed E-state index contributed by atoms with van der Waals surface area (Å²) in [5, 5.41) is 6.07. The number of hydrogen-bond donors (Lipinski definition) is 2. The number of hydrogen-bond acceptors (Lipinski definition) is 3. The van der Waals surface area contributed by atoms with Gasteiger partial charge in [0.05, 0.1) is 13.5 Å². The lowest BCUT2D eigenvalue weighted by molar-refractivity contribution is -0.141. The van der Waals surface area contributed by atoms with Crippen LogP contribution in [0.3, 0.4) is 0 Å². The number of urea groups is 1. The predicted molar refractivity (Wildman–Crippen MR) is 142 cm³/mol. The van der Waals surface area contributed by atoms with Crippen molar-refractivity contribution in [1.82, 2.24) is 0 Å². The summed E-state index contributed by atoms with van der Waals surface area (Å²) in [7, 11) is 1.42. The van der Waals surface area contributed by atoms with Crippen LogP contribution in [0.4, 0.5) is 16.2 Å². The van der Waals surface area contributed by atoms with E-state index in [1.165, 1.54) is 7.11 Å². The zero-order valence-electron chi connectivity index (χ0n) is 21.9. The first-order chi connectivity index (χ1) is 16.1. The Morgan fingerprint density at radius 1 is 0.882 bits per heavy atom. The maximum absolute atomic E-state index is 13.0. The highest BCUT2D eigenvalue weighted by Crippen LogP contribution is 2.37. The third-order valence-electron chi connectivity index (χ3n) is 6.19. The lowest BCUT2D eigenvalue weighted by atomic mass is 9.82. The van der Waals surface area contributed by atoms with Crippen LogP contribution in [0, 0.1) is 18.8 Å². The van der Waals surface area contributed by atoms with Gasteiger partial charge in [0.1, 0.15) is 0 Å². The molecular weight excluding hydrogens is 424 g/mol. The van der Waals surface area contributed by atoms with Crippen LogP contribution in [0.2, 0.25) is 0 Å². The molecule has 0 aromatic heterocycles. The topological polar surface area (TPSA) is 67.4 Å². The second-order valence-electron chi connectivity index (χ2n) is 10.1. The van der Waals surface area contributed by atoms with Crippen LogP contribution >= 0.6 is 0 Å². The van der Waals surface area contributed by atoms with Gasteiger partial charge in [0.25, 0.3) is 0 Å². The maximum atomic E-state index is 13.0. The Labute approximate surface area is 205 Å². The van der Waals surface area contributed by atoms with Gasteiger partial charge in [-0.1, -0.05) is 64.4 Å². The van der Waals surface area contributed by atoms with E-state index in [4.69, 9.17) is 4.74 Å². The Bertz CT molecular complexity index is 925. The van der Waals surface area contributed by atoms with Gasteiger partial charge >= 0.3 is 12.0 Å². The highest BCUT2D eigenvalue weighted by molar-refractivity contribution is 6.00. The van der Waals surface area contributed by atoms with Gasteiger partial charge in [0, 0.05) is 11.4 Å². The lowest BCUT2D eigenvalue weighted by Gasteiger charge is -2.26. The smallest absolute Gasteiger partial charge is 0.323 e. The minimum Gasteiger partial charge on any atom is -0.469 e. The third kappa shape index (κ3) is 8.51. The molecule has 0 saturated carbocycles. The molecule has 0 fully saturated rings. The first kappa shape index (κ1) is 27.4. The first-order valence-electron chi connectivity index (χ1n) is 12.5. The highest BCUT2D eigenvalue weighted by atomic mass is 16.5. The van der Waals surface area contributed by atoms with E-state index in [1.807, 2.05) is 31.2 Å². The van der Waals surface area contributed by atoms with Crippen LogP contribution in [0.1, 0.15) is 88.8 Å². The average molecular weight is 467 g/mol. The van der Waals surface area contributed by atoms with Gasteiger partial charge in [-0.2, -0.15) is 0 Å². The van der Waals surface area contributed by atoms with Crippen LogP contribution in [-0.2, 0) is 9.53 Å². The molecule has 2 aromatic rings. The summed E-state index contributed by atoms with van der Waals surface area (Å²) in [4.78, 5) is 24.9. The number of benzene rings is 2. The van der Waals surface area contributed by atoms with Gasteiger partial charge in [0.15, 0.2) is 0 Å². The summed E-state index contributed by atoms with van der Waals surface area (Å²) >= 11 is 0. The molecule has 5 nitrogen and oxygen atoms in total. The number of nitrogens with one attached hydrogen (secondary N) is 2.